The second-order valence-electron chi connectivity index (χ2n) is 6.85. The van der Waals surface area contributed by atoms with Crippen LogP contribution in [0.2, 0.25) is 0 Å². The number of aromatic nitrogens is 1. The second-order valence-corrected chi connectivity index (χ2v) is 6.85. The number of fused-ring (bicyclic) bond motifs is 1. The number of hydrogen-bond donors (Lipinski definition) is 2. The molecule has 3 heterocycles. The van der Waals surface area contributed by atoms with Crippen LogP contribution in [0.3, 0.4) is 0 Å². The van der Waals surface area contributed by atoms with Crippen LogP contribution in [-0.2, 0) is 4.79 Å². The molecule has 2 amide bonds. The fraction of sp³-hybridized carbons (Fsp3) is 0.444. The molecule has 0 saturated carbocycles. The monoisotopic (exact) mass is 326 g/mol. The number of carbonyl (C=O) groups is 2. The number of nitrogens with two attached hydrogens (primary N) is 1. The molecule has 0 bridgehead atoms. The lowest BCUT2D eigenvalue weighted by Gasteiger charge is -2.47. The fourth-order valence-electron chi connectivity index (χ4n) is 3.76. The van der Waals surface area contributed by atoms with Gasteiger partial charge in [-0.25, -0.2) is 0 Å². The zero-order valence-corrected chi connectivity index (χ0v) is 13.6. The first kappa shape index (κ1) is 15.2. The summed E-state index contributed by atoms with van der Waals surface area (Å²) in [5, 5.41) is 1.06. The van der Waals surface area contributed by atoms with Crippen LogP contribution in [0.25, 0.3) is 10.9 Å². The van der Waals surface area contributed by atoms with E-state index in [0.717, 1.165) is 49.9 Å². The van der Waals surface area contributed by atoms with Gasteiger partial charge in [-0.1, -0.05) is 18.2 Å². The molecule has 2 aliphatic heterocycles. The predicted octanol–water partition coefficient (Wildman–Crippen LogP) is 1.19. The zero-order valence-electron chi connectivity index (χ0n) is 13.6. The quantitative estimate of drug-likeness (QED) is 0.889. The lowest BCUT2D eigenvalue weighted by Crippen LogP contribution is -2.62. The molecule has 0 unspecified atom stereocenters. The van der Waals surface area contributed by atoms with Crippen molar-refractivity contribution in [2.75, 3.05) is 26.2 Å². The maximum Gasteiger partial charge on any atom is 0.270 e. The van der Waals surface area contributed by atoms with E-state index in [0.29, 0.717) is 11.7 Å². The first-order valence-corrected chi connectivity index (χ1v) is 8.52. The van der Waals surface area contributed by atoms with Crippen molar-refractivity contribution in [3.8, 4) is 0 Å². The average Bonchev–Trinajstić information content (AvgIpc) is 2.98. The molecule has 0 radical (unpaired) electrons. The van der Waals surface area contributed by atoms with Gasteiger partial charge in [0.15, 0.2) is 0 Å². The molecule has 126 valence electrons. The average molecular weight is 326 g/mol. The Balaban J connectivity index is 1.34. The molecule has 2 aliphatic rings. The molecule has 2 fully saturated rings. The molecule has 6 heteroatoms. The minimum atomic E-state index is -0.182. The molecule has 0 spiro atoms. The van der Waals surface area contributed by atoms with E-state index in [4.69, 9.17) is 5.73 Å². The van der Waals surface area contributed by atoms with Gasteiger partial charge in [0.25, 0.3) is 5.91 Å². The summed E-state index contributed by atoms with van der Waals surface area (Å²) in [5.41, 5.74) is 7.03. The van der Waals surface area contributed by atoms with Crippen LogP contribution in [0, 0.1) is 5.92 Å². The van der Waals surface area contributed by atoms with Crippen LogP contribution >= 0.6 is 0 Å². The summed E-state index contributed by atoms with van der Waals surface area (Å²) in [6.07, 6.45) is 1.67. The molecule has 3 N–H and O–H groups in total. The number of likely N-dealkylation sites (tertiary alicyclic amines) is 2. The number of carbonyl (C=O) groups excluding carboxylic acids is 2. The van der Waals surface area contributed by atoms with Gasteiger partial charge in [0.2, 0.25) is 5.91 Å². The molecule has 1 aromatic heterocycles. The second kappa shape index (κ2) is 5.94. The number of benzene rings is 1. The molecule has 4 rings (SSSR count). The number of aromatic amines is 1. The van der Waals surface area contributed by atoms with Crippen molar-refractivity contribution in [2.24, 2.45) is 11.7 Å². The SMILES string of the molecule is NC(=O)C1CCN(C2CN(C(=O)c3cc4ccccc4[nH]3)C2)CC1. The van der Waals surface area contributed by atoms with Gasteiger partial charge < -0.3 is 15.6 Å². The Morgan fingerprint density at radius 1 is 1.12 bits per heavy atom. The number of para-hydroxylation sites is 1. The maximum atomic E-state index is 12.6. The summed E-state index contributed by atoms with van der Waals surface area (Å²) >= 11 is 0. The number of nitrogens with zero attached hydrogens (tertiary/aromatic N) is 2. The Kier molecular flexibility index (Phi) is 3.76. The van der Waals surface area contributed by atoms with Gasteiger partial charge >= 0.3 is 0 Å². The molecule has 24 heavy (non-hydrogen) atoms. The Morgan fingerprint density at radius 3 is 2.50 bits per heavy atom. The zero-order chi connectivity index (χ0) is 16.7. The maximum absolute atomic E-state index is 12.6. The third-order valence-electron chi connectivity index (χ3n) is 5.36. The predicted molar refractivity (Wildman–Crippen MR) is 91.5 cm³/mol. The lowest BCUT2D eigenvalue weighted by molar-refractivity contribution is -0.123. The standard InChI is InChI=1S/C18H22N4O2/c19-17(23)12-5-7-21(8-6-12)14-10-22(11-14)18(24)16-9-13-3-1-2-4-15(13)20-16/h1-4,9,12,14,20H,5-8,10-11H2,(H2,19,23). The van der Waals surface area contributed by atoms with E-state index >= 15 is 0 Å². The van der Waals surface area contributed by atoms with Crippen LogP contribution in [-0.4, -0.2) is 58.8 Å². The number of hydrogen-bond acceptors (Lipinski definition) is 3. The van der Waals surface area contributed by atoms with E-state index in [1.807, 2.05) is 35.2 Å². The number of rotatable bonds is 3. The topological polar surface area (TPSA) is 82.4 Å². The van der Waals surface area contributed by atoms with Crippen LogP contribution in [0.1, 0.15) is 23.3 Å². The van der Waals surface area contributed by atoms with Crippen LogP contribution in [0.15, 0.2) is 30.3 Å². The van der Waals surface area contributed by atoms with E-state index in [-0.39, 0.29) is 17.7 Å². The van der Waals surface area contributed by atoms with Gasteiger partial charge in [-0.05, 0) is 38.1 Å². The van der Waals surface area contributed by atoms with Gasteiger partial charge in [-0.3, -0.25) is 14.5 Å². The minimum Gasteiger partial charge on any atom is -0.369 e. The first-order valence-electron chi connectivity index (χ1n) is 8.52. The van der Waals surface area contributed by atoms with Gasteiger partial charge in [-0.15, -0.1) is 0 Å². The number of nitrogens with one attached hydrogen (secondary N) is 1. The third-order valence-corrected chi connectivity index (χ3v) is 5.36. The smallest absolute Gasteiger partial charge is 0.270 e. The molecule has 2 saturated heterocycles. The Labute approximate surface area is 140 Å². The Hall–Kier alpha value is -2.34. The summed E-state index contributed by atoms with van der Waals surface area (Å²) < 4.78 is 0. The fourth-order valence-corrected chi connectivity index (χ4v) is 3.76. The molecule has 2 aromatic rings. The molecular formula is C18H22N4O2. The van der Waals surface area contributed by atoms with E-state index < -0.39 is 0 Å². The minimum absolute atomic E-state index is 0.0189. The van der Waals surface area contributed by atoms with Crippen molar-refractivity contribution in [3.05, 3.63) is 36.0 Å². The molecular weight excluding hydrogens is 304 g/mol. The molecule has 1 aromatic carbocycles. The number of primary amides is 1. The molecule has 0 atom stereocenters. The summed E-state index contributed by atoms with van der Waals surface area (Å²) in [4.78, 5) is 31.3. The van der Waals surface area contributed by atoms with Gasteiger partial charge in [0, 0.05) is 36.0 Å². The summed E-state index contributed by atoms with van der Waals surface area (Å²) in [7, 11) is 0. The highest BCUT2D eigenvalue weighted by Gasteiger charge is 2.37. The van der Waals surface area contributed by atoms with Crippen molar-refractivity contribution in [2.45, 2.75) is 18.9 Å². The highest BCUT2D eigenvalue weighted by molar-refractivity contribution is 5.98. The summed E-state index contributed by atoms with van der Waals surface area (Å²) in [6, 6.07) is 10.2. The van der Waals surface area contributed by atoms with E-state index in [2.05, 4.69) is 9.88 Å². The lowest BCUT2D eigenvalue weighted by atomic mass is 9.93. The molecule has 0 aliphatic carbocycles. The largest absolute Gasteiger partial charge is 0.369 e. The normalized spacial score (nSPS) is 20.2. The summed E-state index contributed by atoms with van der Waals surface area (Å²) in [6.45, 7) is 3.31. The van der Waals surface area contributed by atoms with Crippen LogP contribution in [0.5, 0.6) is 0 Å². The Bertz CT molecular complexity index is 737. The van der Waals surface area contributed by atoms with Crippen LogP contribution < -0.4 is 5.73 Å². The van der Waals surface area contributed by atoms with Crippen molar-refractivity contribution in [3.63, 3.8) is 0 Å². The highest BCUT2D eigenvalue weighted by Crippen LogP contribution is 2.25. The van der Waals surface area contributed by atoms with Crippen molar-refractivity contribution in [1.29, 1.82) is 0 Å². The molecule has 6 nitrogen and oxygen atoms in total. The Morgan fingerprint density at radius 2 is 1.83 bits per heavy atom. The number of piperidine rings is 1. The first-order chi connectivity index (χ1) is 11.6. The van der Waals surface area contributed by atoms with E-state index in [1.165, 1.54) is 0 Å². The van der Waals surface area contributed by atoms with E-state index in [1.54, 1.807) is 0 Å². The van der Waals surface area contributed by atoms with Gasteiger partial charge in [0.05, 0.1) is 0 Å². The van der Waals surface area contributed by atoms with Crippen molar-refractivity contribution >= 4 is 22.7 Å². The van der Waals surface area contributed by atoms with Crippen molar-refractivity contribution in [1.82, 2.24) is 14.8 Å². The summed E-state index contributed by atoms with van der Waals surface area (Å²) in [5.74, 6) is -0.0984. The number of amides is 2. The van der Waals surface area contributed by atoms with Gasteiger partial charge in [0.1, 0.15) is 5.69 Å². The number of H-pyrrole nitrogens is 1. The van der Waals surface area contributed by atoms with E-state index in [9.17, 15) is 9.59 Å². The van der Waals surface area contributed by atoms with Gasteiger partial charge in [-0.2, -0.15) is 0 Å². The van der Waals surface area contributed by atoms with Crippen LogP contribution in [0.4, 0.5) is 0 Å². The highest BCUT2D eigenvalue weighted by atomic mass is 16.2. The van der Waals surface area contributed by atoms with Crippen molar-refractivity contribution < 1.29 is 9.59 Å². The third kappa shape index (κ3) is 2.67.